The molecule has 0 aromatic carbocycles. The van der Waals surface area contributed by atoms with E-state index in [1.807, 2.05) is 0 Å². The second-order valence-corrected chi connectivity index (χ2v) is 7.20. The van der Waals surface area contributed by atoms with E-state index in [0.29, 0.717) is 11.5 Å². The average molecular weight is 268 g/mol. The highest BCUT2D eigenvalue weighted by Gasteiger charge is 2.31. The Labute approximate surface area is 121 Å². The molecule has 1 N–H and O–H groups in total. The SMILES string of the molecule is CCCNCC(C)(CCC)CN(CC1CC1)C(C)C. The molecule has 1 rings (SSSR count). The summed E-state index contributed by atoms with van der Waals surface area (Å²) in [6.45, 7) is 16.7. The van der Waals surface area contributed by atoms with Gasteiger partial charge in [0.1, 0.15) is 0 Å². The van der Waals surface area contributed by atoms with E-state index in [1.165, 1.54) is 51.7 Å². The molecule has 114 valence electrons. The minimum Gasteiger partial charge on any atom is -0.316 e. The van der Waals surface area contributed by atoms with Crippen molar-refractivity contribution in [3.63, 3.8) is 0 Å². The molecule has 0 radical (unpaired) electrons. The lowest BCUT2D eigenvalue weighted by Crippen LogP contribution is -2.45. The van der Waals surface area contributed by atoms with E-state index in [1.54, 1.807) is 0 Å². The quantitative estimate of drug-likeness (QED) is 0.572. The Bertz CT molecular complexity index is 235. The van der Waals surface area contributed by atoms with Crippen molar-refractivity contribution in [1.82, 2.24) is 10.2 Å². The molecular formula is C17H36N2. The van der Waals surface area contributed by atoms with Gasteiger partial charge in [0, 0.05) is 25.7 Å². The van der Waals surface area contributed by atoms with E-state index in [2.05, 4.69) is 44.8 Å². The molecule has 0 aromatic rings. The molecule has 2 heteroatoms. The van der Waals surface area contributed by atoms with E-state index >= 15 is 0 Å². The minimum atomic E-state index is 0.434. The molecule has 0 amide bonds. The summed E-state index contributed by atoms with van der Waals surface area (Å²) in [6.07, 6.45) is 6.78. The van der Waals surface area contributed by atoms with Crippen molar-refractivity contribution >= 4 is 0 Å². The summed E-state index contributed by atoms with van der Waals surface area (Å²) in [4.78, 5) is 2.72. The molecule has 1 atom stereocenters. The van der Waals surface area contributed by atoms with Crippen LogP contribution in [0.1, 0.15) is 66.7 Å². The fourth-order valence-corrected chi connectivity index (χ4v) is 2.97. The van der Waals surface area contributed by atoms with Crippen LogP contribution < -0.4 is 5.32 Å². The Balaban J connectivity index is 2.50. The summed E-state index contributed by atoms with van der Waals surface area (Å²) in [7, 11) is 0. The van der Waals surface area contributed by atoms with Crippen LogP contribution >= 0.6 is 0 Å². The highest BCUT2D eigenvalue weighted by Crippen LogP contribution is 2.32. The van der Waals surface area contributed by atoms with E-state index in [0.717, 1.165) is 12.5 Å². The van der Waals surface area contributed by atoms with Crippen molar-refractivity contribution in [1.29, 1.82) is 0 Å². The van der Waals surface area contributed by atoms with Gasteiger partial charge in [0.05, 0.1) is 0 Å². The van der Waals surface area contributed by atoms with E-state index in [4.69, 9.17) is 0 Å². The highest BCUT2D eigenvalue weighted by atomic mass is 15.2. The van der Waals surface area contributed by atoms with Gasteiger partial charge in [-0.3, -0.25) is 0 Å². The molecule has 0 aromatic heterocycles. The van der Waals surface area contributed by atoms with Crippen molar-refractivity contribution in [2.24, 2.45) is 11.3 Å². The van der Waals surface area contributed by atoms with Gasteiger partial charge in [-0.15, -0.1) is 0 Å². The van der Waals surface area contributed by atoms with Crippen LogP contribution in [0, 0.1) is 11.3 Å². The van der Waals surface area contributed by atoms with Crippen LogP contribution in [0.2, 0.25) is 0 Å². The Morgan fingerprint density at radius 2 is 1.89 bits per heavy atom. The first-order valence-corrected chi connectivity index (χ1v) is 8.45. The average Bonchev–Trinajstić information content (AvgIpc) is 3.12. The molecule has 0 spiro atoms. The third-order valence-electron chi connectivity index (χ3n) is 4.34. The van der Waals surface area contributed by atoms with Gasteiger partial charge < -0.3 is 10.2 Å². The van der Waals surface area contributed by atoms with Crippen LogP contribution in [-0.4, -0.2) is 37.1 Å². The largest absolute Gasteiger partial charge is 0.316 e. The van der Waals surface area contributed by atoms with Crippen LogP contribution in [0.15, 0.2) is 0 Å². The molecule has 1 fully saturated rings. The zero-order chi connectivity index (χ0) is 14.3. The molecule has 1 unspecified atom stereocenters. The molecule has 0 aliphatic heterocycles. The Kier molecular flexibility index (Phi) is 7.38. The molecular weight excluding hydrogens is 232 g/mol. The van der Waals surface area contributed by atoms with Crippen molar-refractivity contribution in [3.8, 4) is 0 Å². The van der Waals surface area contributed by atoms with Crippen molar-refractivity contribution in [2.45, 2.75) is 72.8 Å². The third kappa shape index (κ3) is 6.76. The first-order chi connectivity index (χ1) is 9.00. The lowest BCUT2D eigenvalue weighted by atomic mass is 9.84. The summed E-state index contributed by atoms with van der Waals surface area (Å²) in [6, 6.07) is 0.683. The molecule has 1 aliphatic carbocycles. The van der Waals surface area contributed by atoms with Gasteiger partial charge in [-0.25, -0.2) is 0 Å². The molecule has 0 bridgehead atoms. The van der Waals surface area contributed by atoms with Gasteiger partial charge in [-0.1, -0.05) is 27.2 Å². The standard InChI is InChI=1S/C17H36N2/c1-6-10-17(5,13-18-11-7-2)14-19(15(3)4)12-16-8-9-16/h15-16,18H,6-14H2,1-5H3. The van der Waals surface area contributed by atoms with Crippen LogP contribution in [0.3, 0.4) is 0 Å². The fourth-order valence-electron chi connectivity index (χ4n) is 2.97. The first kappa shape index (κ1) is 17.0. The molecule has 2 nitrogen and oxygen atoms in total. The zero-order valence-corrected chi connectivity index (χ0v) is 14.0. The Morgan fingerprint density at radius 3 is 2.37 bits per heavy atom. The maximum atomic E-state index is 3.65. The Morgan fingerprint density at radius 1 is 1.21 bits per heavy atom. The van der Waals surface area contributed by atoms with Crippen molar-refractivity contribution in [3.05, 3.63) is 0 Å². The van der Waals surface area contributed by atoms with Crippen LogP contribution in [0.25, 0.3) is 0 Å². The van der Waals surface area contributed by atoms with Gasteiger partial charge in [-0.05, 0) is 57.4 Å². The fraction of sp³-hybridized carbons (Fsp3) is 1.00. The summed E-state index contributed by atoms with van der Waals surface area (Å²) in [5.74, 6) is 0.997. The summed E-state index contributed by atoms with van der Waals surface area (Å²) in [5, 5.41) is 3.65. The summed E-state index contributed by atoms with van der Waals surface area (Å²) >= 11 is 0. The second-order valence-electron chi connectivity index (χ2n) is 7.20. The normalized spacial score (nSPS) is 19.1. The van der Waals surface area contributed by atoms with Gasteiger partial charge >= 0.3 is 0 Å². The molecule has 1 saturated carbocycles. The topological polar surface area (TPSA) is 15.3 Å². The van der Waals surface area contributed by atoms with Gasteiger partial charge in [0.2, 0.25) is 0 Å². The highest BCUT2D eigenvalue weighted by molar-refractivity contribution is 4.85. The van der Waals surface area contributed by atoms with E-state index in [9.17, 15) is 0 Å². The molecule has 0 heterocycles. The Hall–Kier alpha value is -0.0800. The lowest BCUT2D eigenvalue weighted by Gasteiger charge is -2.38. The number of hydrogen-bond donors (Lipinski definition) is 1. The number of rotatable bonds is 11. The maximum Gasteiger partial charge on any atom is 0.00503 e. The number of hydrogen-bond acceptors (Lipinski definition) is 2. The van der Waals surface area contributed by atoms with Gasteiger partial charge in [0.15, 0.2) is 0 Å². The molecule has 1 aliphatic rings. The molecule has 19 heavy (non-hydrogen) atoms. The van der Waals surface area contributed by atoms with Crippen LogP contribution in [0.5, 0.6) is 0 Å². The minimum absolute atomic E-state index is 0.434. The summed E-state index contributed by atoms with van der Waals surface area (Å²) < 4.78 is 0. The second kappa shape index (κ2) is 8.26. The maximum absolute atomic E-state index is 3.65. The lowest BCUT2D eigenvalue weighted by molar-refractivity contribution is 0.117. The monoisotopic (exact) mass is 268 g/mol. The number of nitrogens with zero attached hydrogens (tertiary/aromatic N) is 1. The zero-order valence-electron chi connectivity index (χ0n) is 14.0. The predicted octanol–water partition coefficient (Wildman–Crippen LogP) is 3.91. The van der Waals surface area contributed by atoms with Crippen LogP contribution in [0.4, 0.5) is 0 Å². The molecule has 0 saturated heterocycles. The first-order valence-electron chi connectivity index (χ1n) is 8.45. The van der Waals surface area contributed by atoms with Gasteiger partial charge in [-0.2, -0.15) is 0 Å². The predicted molar refractivity (Wildman–Crippen MR) is 85.6 cm³/mol. The smallest absolute Gasteiger partial charge is 0.00503 e. The van der Waals surface area contributed by atoms with E-state index < -0.39 is 0 Å². The van der Waals surface area contributed by atoms with Gasteiger partial charge in [0.25, 0.3) is 0 Å². The van der Waals surface area contributed by atoms with Crippen LogP contribution in [-0.2, 0) is 0 Å². The van der Waals surface area contributed by atoms with E-state index in [-0.39, 0.29) is 0 Å². The van der Waals surface area contributed by atoms with Crippen molar-refractivity contribution < 1.29 is 0 Å². The van der Waals surface area contributed by atoms with Crippen molar-refractivity contribution in [2.75, 3.05) is 26.2 Å². The third-order valence-corrected chi connectivity index (χ3v) is 4.34. The summed E-state index contributed by atoms with van der Waals surface area (Å²) in [5.41, 5.74) is 0.434. The number of nitrogens with one attached hydrogen (secondary N) is 1.